The number of hydrogen-bond donors (Lipinski definition) is 0. The molecular weight excluding hydrogens is 468 g/mol. The maximum absolute atomic E-state index is 9.31. The number of nitrogens with zero attached hydrogens (tertiary/aromatic N) is 6. The first kappa shape index (κ1) is 22.7. The van der Waals surface area contributed by atoms with Gasteiger partial charge in [0, 0.05) is 23.5 Å². The van der Waals surface area contributed by atoms with E-state index in [0.29, 0.717) is 11.1 Å². The number of aromatic nitrogens is 4. The van der Waals surface area contributed by atoms with Crippen LogP contribution < -0.4 is 0 Å². The lowest BCUT2D eigenvalue weighted by Crippen LogP contribution is -2.00. The molecule has 178 valence electrons. The van der Waals surface area contributed by atoms with Crippen LogP contribution in [0.3, 0.4) is 0 Å². The van der Waals surface area contributed by atoms with Gasteiger partial charge in [0.2, 0.25) is 0 Å². The van der Waals surface area contributed by atoms with Gasteiger partial charge in [-0.2, -0.15) is 20.7 Å². The minimum atomic E-state index is 0.508. The molecule has 0 bridgehead atoms. The van der Waals surface area contributed by atoms with Crippen molar-refractivity contribution in [1.29, 1.82) is 10.5 Å². The molecule has 38 heavy (non-hydrogen) atoms. The molecule has 0 radical (unpaired) electrons. The third-order valence-electron chi connectivity index (χ3n) is 6.45. The van der Waals surface area contributed by atoms with Crippen LogP contribution >= 0.6 is 0 Å². The highest BCUT2D eigenvalue weighted by molar-refractivity contribution is 5.94. The molecular formula is C32H20N6. The van der Waals surface area contributed by atoms with Crippen LogP contribution in [0.25, 0.3) is 44.8 Å². The molecule has 0 N–H and O–H groups in total. The second-order valence-corrected chi connectivity index (χ2v) is 8.70. The molecule has 6 heteroatoms. The Bertz CT molecular complexity index is 1720. The van der Waals surface area contributed by atoms with E-state index in [1.165, 1.54) is 0 Å². The molecule has 0 fully saturated rings. The van der Waals surface area contributed by atoms with Crippen LogP contribution in [-0.4, -0.2) is 19.6 Å². The van der Waals surface area contributed by atoms with Crippen LogP contribution in [0.15, 0.2) is 122 Å². The minimum Gasteiger partial charge on any atom is -0.239 e. The second-order valence-electron chi connectivity index (χ2n) is 8.70. The zero-order chi connectivity index (χ0) is 25.9. The fourth-order valence-corrected chi connectivity index (χ4v) is 4.73. The SMILES string of the molecule is N#Cc1cnn(-c2ccccc2-c2ccccc2-c2ccccc2-c2ccccc2-n2cc(C#N)cn2)c1. The molecule has 0 aliphatic heterocycles. The average Bonchev–Trinajstić information content (AvgIpc) is 3.67. The van der Waals surface area contributed by atoms with Crippen LogP contribution in [0.5, 0.6) is 0 Å². The zero-order valence-electron chi connectivity index (χ0n) is 20.2. The molecule has 6 aromatic rings. The Hall–Kier alpha value is -5.72. The van der Waals surface area contributed by atoms with Gasteiger partial charge in [-0.05, 0) is 34.4 Å². The first-order valence-corrected chi connectivity index (χ1v) is 12.0. The summed E-state index contributed by atoms with van der Waals surface area (Å²) in [5, 5.41) is 27.5. The van der Waals surface area contributed by atoms with Gasteiger partial charge in [0.1, 0.15) is 12.1 Å². The van der Waals surface area contributed by atoms with E-state index in [-0.39, 0.29) is 0 Å². The number of rotatable bonds is 5. The number of benzene rings is 4. The summed E-state index contributed by atoms with van der Waals surface area (Å²) in [5.74, 6) is 0. The molecule has 0 aliphatic rings. The number of hydrogen-bond acceptors (Lipinski definition) is 4. The Morgan fingerprint density at radius 3 is 1.11 bits per heavy atom. The predicted molar refractivity (Wildman–Crippen MR) is 146 cm³/mol. The third-order valence-corrected chi connectivity index (χ3v) is 6.45. The summed E-state index contributed by atoms with van der Waals surface area (Å²) in [6.45, 7) is 0. The van der Waals surface area contributed by atoms with Gasteiger partial charge in [-0.15, -0.1) is 0 Å². The fourth-order valence-electron chi connectivity index (χ4n) is 4.73. The largest absolute Gasteiger partial charge is 0.239 e. The van der Waals surface area contributed by atoms with E-state index in [9.17, 15) is 10.5 Å². The molecule has 0 aliphatic carbocycles. The minimum absolute atomic E-state index is 0.508. The topological polar surface area (TPSA) is 83.2 Å². The summed E-state index contributed by atoms with van der Waals surface area (Å²) in [5.41, 5.74) is 9.03. The molecule has 0 amide bonds. The van der Waals surface area contributed by atoms with Gasteiger partial charge in [0.25, 0.3) is 0 Å². The van der Waals surface area contributed by atoms with Crippen molar-refractivity contribution in [1.82, 2.24) is 19.6 Å². The maximum atomic E-state index is 9.31. The van der Waals surface area contributed by atoms with Crippen molar-refractivity contribution in [3.63, 3.8) is 0 Å². The van der Waals surface area contributed by atoms with Crippen molar-refractivity contribution < 1.29 is 0 Å². The summed E-state index contributed by atoms with van der Waals surface area (Å²) in [6.07, 6.45) is 6.63. The third kappa shape index (κ3) is 4.03. The van der Waals surface area contributed by atoms with Gasteiger partial charge in [-0.1, -0.05) is 84.9 Å². The van der Waals surface area contributed by atoms with Gasteiger partial charge in [-0.25, -0.2) is 9.36 Å². The van der Waals surface area contributed by atoms with E-state index in [1.807, 2.05) is 60.7 Å². The molecule has 0 saturated heterocycles. The van der Waals surface area contributed by atoms with Crippen LogP contribution in [-0.2, 0) is 0 Å². The van der Waals surface area contributed by atoms with E-state index in [0.717, 1.165) is 44.8 Å². The maximum Gasteiger partial charge on any atom is 0.102 e. The highest BCUT2D eigenvalue weighted by Gasteiger charge is 2.17. The molecule has 0 spiro atoms. The molecule has 6 nitrogen and oxygen atoms in total. The van der Waals surface area contributed by atoms with Crippen LogP contribution in [0.4, 0.5) is 0 Å². The summed E-state index contributed by atoms with van der Waals surface area (Å²) in [4.78, 5) is 0. The van der Waals surface area contributed by atoms with Crippen LogP contribution in [0, 0.1) is 22.7 Å². The summed E-state index contributed by atoms with van der Waals surface area (Å²) in [7, 11) is 0. The molecule has 0 unspecified atom stereocenters. The first-order valence-electron chi connectivity index (χ1n) is 12.0. The second kappa shape index (κ2) is 9.73. The van der Waals surface area contributed by atoms with E-state index in [1.54, 1.807) is 34.2 Å². The van der Waals surface area contributed by atoms with Crippen molar-refractivity contribution in [2.45, 2.75) is 0 Å². The lowest BCUT2D eigenvalue weighted by atomic mass is 9.88. The van der Waals surface area contributed by atoms with E-state index >= 15 is 0 Å². The monoisotopic (exact) mass is 488 g/mol. The Labute approximate surface area is 219 Å². The number of para-hydroxylation sites is 2. The van der Waals surface area contributed by atoms with Crippen molar-refractivity contribution in [2.24, 2.45) is 0 Å². The molecule has 0 saturated carbocycles. The van der Waals surface area contributed by atoms with E-state index in [4.69, 9.17) is 0 Å². The lowest BCUT2D eigenvalue weighted by Gasteiger charge is -2.18. The summed E-state index contributed by atoms with van der Waals surface area (Å²) in [6, 6.07) is 37.0. The van der Waals surface area contributed by atoms with Crippen molar-refractivity contribution in [2.75, 3.05) is 0 Å². The number of nitriles is 2. The quantitative estimate of drug-likeness (QED) is 0.267. The smallest absolute Gasteiger partial charge is 0.102 e. The van der Waals surface area contributed by atoms with Crippen LogP contribution in [0.2, 0.25) is 0 Å². The van der Waals surface area contributed by atoms with Gasteiger partial charge in [-0.3, -0.25) is 0 Å². The first-order chi connectivity index (χ1) is 18.8. The van der Waals surface area contributed by atoms with Crippen LogP contribution in [0.1, 0.15) is 11.1 Å². The molecule has 0 atom stereocenters. The molecule has 2 aromatic heterocycles. The standard InChI is InChI=1S/C32H20N6/c33-17-23-19-35-37(21-23)31-15-7-5-13-29(31)27-11-3-1-9-25(27)26-10-2-4-12-28(26)30-14-6-8-16-32(30)38-22-24(18-34)20-36-38/h1-16,19-22H. The normalized spacial score (nSPS) is 10.6. The molecule has 4 aromatic carbocycles. The van der Waals surface area contributed by atoms with E-state index in [2.05, 4.69) is 58.7 Å². The zero-order valence-corrected chi connectivity index (χ0v) is 20.2. The molecule has 6 rings (SSSR count). The average molecular weight is 489 g/mol. The fraction of sp³-hybridized carbons (Fsp3) is 0. The van der Waals surface area contributed by atoms with Crippen molar-refractivity contribution in [3.8, 4) is 56.9 Å². The van der Waals surface area contributed by atoms with Gasteiger partial charge >= 0.3 is 0 Å². The van der Waals surface area contributed by atoms with Gasteiger partial charge < -0.3 is 0 Å². The summed E-state index contributed by atoms with van der Waals surface area (Å²) >= 11 is 0. The Morgan fingerprint density at radius 1 is 0.447 bits per heavy atom. The Morgan fingerprint density at radius 2 is 0.763 bits per heavy atom. The highest BCUT2D eigenvalue weighted by atomic mass is 15.3. The predicted octanol–water partition coefficient (Wildman–Crippen LogP) is 6.80. The lowest BCUT2D eigenvalue weighted by molar-refractivity contribution is 0.882. The molecule has 2 heterocycles. The van der Waals surface area contributed by atoms with Crippen molar-refractivity contribution in [3.05, 3.63) is 133 Å². The van der Waals surface area contributed by atoms with Crippen molar-refractivity contribution >= 4 is 0 Å². The summed E-state index contributed by atoms with van der Waals surface area (Å²) < 4.78 is 3.49. The highest BCUT2D eigenvalue weighted by Crippen LogP contribution is 2.41. The van der Waals surface area contributed by atoms with E-state index < -0.39 is 0 Å². The van der Waals surface area contributed by atoms with Gasteiger partial charge in [0.05, 0.1) is 34.9 Å². The Kier molecular flexibility index (Phi) is 5.82. The Balaban J connectivity index is 1.54. The van der Waals surface area contributed by atoms with Gasteiger partial charge in [0.15, 0.2) is 0 Å².